The molecule has 0 radical (unpaired) electrons. The van der Waals surface area contributed by atoms with Crippen molar-refractivity contribution in [3.05, 3.63) is 23.8 Å². The fourth-order valence-electron chi connectivity index (χ4n) is 3.93. The van der Waals surface area contributed by atoms with Gasteiger partial charge in [0.15, 0.2) is 11.5 Å². The van der Waals surface area contributed by atoms with Crippen molar-refractivity contribution in [2.45, 2.75) is 26.0 Å². The van der Waals surface area contributed by atoms with Gasteiger partial charge in [0.1, 0.15) is 12.7 Å². The molecule has 1 amide bonds. The molecule has 2 saturated heterocycles. The number of hydrogen-bond donors (Lipinski definition) is 1. The Morgan fingerprint density at radius 2 is 1.90 bits per heavy atom. The van der Waals surface area contributed by atoms with E-state index in [0.29, 0.717) is 24.7 Å². The van der Waals surface area contributed by atoms with E-state index in [-0.39, 0.29) is 12.5 Å². The summed E-state index contributed by atoms with van der Waals surface area (Å²) in [6, 6.07) is 5.94. The third-order valence-electron chi connectivity index (χ3n) is 5.67. The zero-order chi connectivity index (χ0) is 21.3. The molecule has 0 aliphatic carbocycles. The van der Waals surface area contributed by atoms with Gasteiger partial charge in [-0.05, 0) is 24.1 Å². The number of hydrogen-bond acceptors (Lipinski definition) is 7. The minimum absolute atomic E-state index is 0.140. The SMILES string of the molecule is COc1ccc(CN2CCN(C(C)=O)CC2)cc1OCC(O)CN1CCCOCC1. The van der Waals surface area contributed by atoms with E-state index >= 15 is 0 Å². The number of β-amino-alcohol motifs (C(OH)–C–C–N with tert-alkyl or cyclic N) is 1. The Balaban J connectivity index is 1.52. The molecule has 0 spiro atoms. The Morgan fingerprint density at radius 3 is 2.63 bits per heavy atom. The van der Waals surface area contributed by atoms with Gasteiger partial charge < -0.3 is 24.2 Å². The highest BCUT2D eigenvalue weighted by Crippen LogP contribution is 2.29. The zero-order valence-electron chi connectivity index (χ0n) is 18.2. The topological polar surface area (TPSA) is 74.7 Å². The molecule has 1 aromatic carbocycles. The molecule has 0 bridgehead atoms. The molecule has 0 aromatic heterocycles. The highest BCUT2D eigenvalue weighted by molar-refractivity contribution is 5.73. The van der Waals surface area contributed by atoms with Crippen molar-refractivity contribution < 1.29 is 24.1 Å². The van der Waals surface area contributed by atoms with Gasteiger partial charge in [-0.2, -0.15) is 0 Å². The average molecular weight is 422 g/mol. The molecule has 1 aromatic rings. The summed E-state index contributed by atoms with van der Waals surface area (Å²) >= 11 is 0. The number of nitrogens with zero attached hydrogens (tertiary/aromatic N) is 3. The van der Waals surface area contributed by atoms with Crippen molar-refractivity contribution >= 4 is 5.91 Å². The maximum absolute atomic E-state index is 11.5. The van der Waals surface area contributed by atoms with Crippen molar-refractivity contribution in [1.29, 1.82) is 0 Å². The molecule has 1 atom stereocenters. The summed E-state index contributed by atoms with van der Waals surface area (Å²) < 4.78 is 16.8. The van der Waals surface area contributed by atoms with Crippen LogP contribution in [-0.4, -0.2) is 105 Å². The number of methoxy groups -OCH3 is 1. The monoisotopic (exact) mass is 421 g/mol. The molecule has 30 heavy (non-hydrogen) atoms. The summed E-state index contributed by atoms with van der Waals surface area (Å²) in [5.41, 5.74) is 1.13. The van der Waals surface area contributed by atoms with Crippen LogP contribution in [0.2, 0.25) is 0 Å². The van der Waals surface area contributed by atoms with Gasteiger partial charge in [0, 0.05) is 65.9 Å². The van der Waals surface area contributed by atoms with Crippen LogP contribution >= 0.6 is 0 Å². The van der Waals surface area contributed by atoms with E-state index in [4.69, 9.17) is 14.2 Å². The molecule has 2 heterocycles. The van der Waals surface area contributed by atoms with Gasteiger partial charge in [-0.1, -0.05) is 6.07 Å². The first-order valence-electron chi connectivity index (χ1n) is 10.8. The van der Waals surface area contributed by atoms with Gasteiger partial charge in [-0.3, -0.25) is 14.6 Å². The number of carbonyl (C=O) groups is 1. The lowest BCUT2D eigenvalue weighted by Gasteiger charge is -2.34. The lowest BCUT2D eigenvalue weighted by Crippen LogP contribution is -2.47. The first-order chi connectivity index (χ1) is 14.5. The summed E-state index contributed by atoms with van der Waals surface area (Å²) in [6.45, 7) is 9.74. The number of ether oxygens (including phenoxy) is 3. The van der Waals surface area contributed by atoms with Crippen LogP contribution in [0, 0.1) is 0 Å². The fraction of sp³-hybridized carbons (Fsp3) is 0.682. The molecule has 2 aliphatic heterocycles. The standard InChI is InChI=1S/C22H35N3O5/c1-18(26)25-9-7-24(8-10-25)15-19-4-5-21(28-2)22(14-19)30-17-20(27)16-23-6-3-12-29-13-11-23/h4-5,14,20,27H,3,6-13,15-17H2,1-2H3. The molecule has 8 nitrogen and oxygen atoms in total. The summed E-state index contributed by atoms with van der Waals surface area (Å²) in [5.74, 6) is 1.45. The third kappa shape index (κ3) is 6.84. The molecule has 2 fully saturated rings. The van der Waals surface area contributed by atoms with Crippen molar-refractivity contribution in [3.63, 3.8) is 0 Å². The fourth-order valence-corrected chi connectivity index (χ4v) is 3.93. The van der Waals surface area contributed by atoms with E-state index in [9.17, 15) is 9.90 Å². The minimum Gasteiger partial charge on any atom is -0.493 e. The van der Waals surface area contributed by atoms with Crippen LogP contribution in [0.3, 0.4) is 0 Å². The van der Waals surface area contributed by atoms with Gasteiger partial charge in [0.05, 0.1) is 13.7 Å². The molecule has 1 unspecified atom stereocenters. The lowest BCUT2D eigenvalue weighted by molar-refractivity contribution is -0.130. The zero-order valence-corrected chi connectivity index (χ0v) is 18.2. The van der Waals surface area contributed by atoms with E-state index in [1.807, 2.05) is 23.1 Å². The largest absolute Gasteiger partial charge is 0.493 e. The molecule has 3 rings (SSSR count). The summed E-state index contributed by atoms with van der Waals surface area (Å²) in [4.78, 5) is 17.9. The van der Waals surface area contributed by atoms with Crippen LogP contribution in [-0.2, 0) is 16.1 Å². The van der Waals surface area contributed by atoms with Crippen LogP contribution in [0.25, 0.3) is 0 Å². The first kappa shape index (κ1) is 22.8. The lowest BCUT2D eigenvalue weighted by atomic mass is 10.1. The van der Waals surface area contributed by atoms with Crippen molar-refractivity contribution in [1.82, 2.24) is 14.7 Å². The molecular weight excluding hydrogens is 386 g/mol. The molecule has 8 heteroatoms. The Kier molecular flexibility index (Phi) is 8.74. The van der Waals surface area contributed by atoms with E-state index in [1.165, 1.54) is 0 Å². The van der Waals surface area contributed by atoms with Gasteiger partial charge in [0.25, 0.3) is 0 Å². The van der Waals surface area contributed by atoms with Gasteiger partial charge in [0.2, 0.25) is 5.91 Å². The van der Waals surface area contributed by atoms with Gasteiger partial charge in [-0.15, -0.1) is 0 Å². The van der Waals surface area contributed by atoms with Gasteiger partial charge in [-0.25, -0.2) is 0 Å². The highest BCUT2D eigenvalue weighted by Gasteiger charge is 2.20. The van der Waals surface area contributed by atoms with Gasteiger partial charge >= 0.3 is 0 Å². The van der Waals surface area contributed by atoms with Crippen molar-refractivity contribution in [3.8, 4) is 11.5 Å². The Morgan fingerprint density at radius 1 is 1.10 bits per heavy atom. The average Bonchev–Trinajstić information content (AvgIpc) is 3.01. The summed E-state index contributed by atoms with van der Waals surface area (Å²) in [6.07, 6.45) is 0.417. The summed E-state index contributed by atoms with van der Waals surface area (Å²) in [5, 5.41) is 10.4. The smallest absolute Gasteiger partial charge is 0.219 e. The van der Waals surface area contributed by atoms with Crippen LogP contribution < -0.4 is 9.47 Å². The molecule has 0 saturated carbocycles. The first-order valence-corrected chi connectivity index (χ1v) is 10.8. The van der Waals surface area contributed by atoms with Crippen molar-refractivity contribution in [2.75, 3.05) is 72.7 Å². The van der Waals surface area contributed by atoms with Crippen LogP contribution in [0.4, 0.5) is 0 Å². The molecule has 2 aliphatic rings. The maximum atomic E-state index is 11.5. The van der Waals surface area contributed by atoms with Crippen LogP contribution in [0.5, 0.6) is 11.5 Å². The second-order valence-corrected chi connectivity index (χ2v) is 8.00. The normalized spacial score (nSPS) is 19.9. The summed E-state index contributed by atoms with van der Waals surface area (Å²) in [7, 11) is 1.62. The minimum atomic E-state index is -0.573. The van der Waals surface area contributed by atoms with Crippen LogP contribution in [0.1, 0.15) is 18.9 Å². The van der Waals surface area contributed by atoms with E-state index in [1.54, 1.807) is 14.0 Å². The Labute approximate surface area is 179 Å². The predicted molar refractivity (Wildman–Crippen MR) is 114 cm³/mol. The highest BCUT2D eigenvalue weighted by atomic mass is 16.5. The van der Waals surface area contributed by atoms with E-state index in [0.717, 1.165) is 64.4 Å². The van der Waals surface area contributed by atoms with E-state index in [2.05, 4.69) is 9.80 Å². The molecule has 168 valence electrons. The quantitative estimate of drug-likeness (QED) is 0.666. The maximum Gasteiger partial charge on any atom is 0.219 e. The molecule has 1 N–H and O–H groups in total. The number of benzene rings is 1. The van der Waals surface area contributed by atoms with E-state index < -0.39 is 6.10 Å². The van der Waals surface area contributed by atoms with Crippen molar-refractivity contribution in [2.24, 2.45) is 0 Å². The number of aliphatic hydroxyl groups is 1. The Bertz CT molecular complexity index is 671. The van der Waals surface area contributed by atoms with Crippen LogP contribution in [0.15, 0.2) is 18.2 Å². The number of rotatable bonds is 8. The second-order valence-electron chi connectivity index (χ2n) is 8.00. The Hall–Kier alpha value is -1.87. The second kappa shape index (κ2) is 11.5. The predicted octanol–water partition coefficient (Wildman–Crippen LogP) is 0.821. The third-order valence-corrected chi connectivity index (χ3v) is 5.67. The number of carbonyl (C=O) groups excluding carboxylic acids is 1. The number of piperazine rings is 1. The number of aliphatic hydroxyl groups excluding tert-OH is 1. The molecular formula is C22H35N3O5. The number of amides is 1.